The Labute approximate surface area is 445 Å². The maximum atomic E-state index is 13.4. The van der Waals surface area contributed by atoms with Crippen molar-refractivity contribution in [3.63, 3.8) is 0 Å². The van der Waals surface area contributed by atoms with Gasteiger partial charge in [-0.1, -0.05) is 31.7 Å². The molecule has 2 aliphatic rings. The molecule has 2 unspecified atom stereocenters. The summed E-state index contributed by atoms with van der Waals surface area (Å²) in [7, 11) is 16.2. The van der Waals surface area contributed by atoms with Crippen LogP contribution in [0.5, 0.6) is 23.0 Å². The molecule has 2 aliphatic heterocycles. The smallest absolute Gasteiger partial charge is 0.279 e. The lowest BCUT2D eigenvalue weighted by atomic mass is 10.0. The van der Waals surface area contributed by atoms with Gasteiger partial charge in [0.1, 0.15) is 38.0 Å². The monoisotopic (exact) mass is 1140 g/mol. The molecule has 394 valence electrons. The van der Waals surface area contributed by atoms with Crippen molar-refractivity contribution < 1.29 is 52.3 Å². The molecular formula is C53H67Br2N7O11. The van der Waals surface area contributed by atoms with Crippen molar-refractivity contribution in [3.05, 3.63) is 117 Å². The van der Waals surface area contributed by atoms with Crippen LogP contribution in [0.3, 0.4) is 0 Å². The number of hydrogen-bond donors (Lipinski definition) is 0. The first-order valence-corrected chi connectivity index (χ1v) is 24.5. The van der Waals surface area contributed by atoms with Crippen molar-refractivity contribution in [1.82, 2.24) is 24.2 Å². The topological polar surface area (TPSA) is 163 Å². The number of morpholine rings is 2. The first-order valence-electron chi connectivity index (χ1n) is 22.9. The fraction of sp³-hybridized carbons (Fsp3) is 0.396. The van der Waals surface area contributed by atoms with E-state index in [2.05, 4.69) is 51.6 Å². The number of hydroxylamine groups is 2. The first-order chi connectivity index (χ1) is 34.8. The largest absolute Gasteiger partial charge is 0.495 e. The lowest BCUT2D eigenvalue weighted by molar-refractivity contribution is -0.179. The van der Waals surface area contributed by atoms with Gasteiger partial charge in [-0.25, -0.2) is 15.0 Å². The van der Waals surface area contributed by atoms with Crippen LogP contribution in [0.1, 0.15) is 41.4 Å². The molecule has 0 radical (unpaired) electrons. The van der Waals surface area contributed by atoms with Gasteiger partial charge in [-0.3, -0.25) is 14.4 Å². The van der Waals surface area contributed by atoms with Gasteiger partial charge in [0.05, 0.1) is 79.7 Å². The quantitative estimate of drug-likeness (QED) is 0.0666. The van der Waals surface area contributed by atoms with E-state index in [9.17, 15) is 9.59 Å². The van der Waals surface area contributed by atoms with Crippen LogP contribution in [0, 0.1) is 0 Å². The van der Waals surface area contributed by atoms with Crippen LogP contribution in [0.15, 0.2) is 100 Å². The molecule has 18 nitrogen and oxygen atoms in total. The molecule has 2 saturated heterocycles. The van der Waals surface area contributed by atoms with Gasteiger partial charge in [-0.2, -0.15) is 0 Å². The molecule has 0 bridgehead atoms. The number of Topliss-reactive ketones (excluding diaryl/α,β-unsaturated/α-hetero) is 1. The number of likely N-dealkylation sites (N-methyl/N-ethyl adjacent to an activating group) is 1. The minimum atomic E-state index is -0.762. The van der Waals surface area contributed by atoms with E-state index in [-0.39, 0.29) is 19.1 Å². The number of halogens is 2. The lowest BCUT2D eigenvalue weighted by Crippen LogP contribution is -2.36. The molecule has 6 aromatic rings. The summed E-state index contributed by atoms with van der Waals surface area (Å²) in [5.74, 6) is 2.53. The number of hydrogen-bond acceptors (Lipinski definition) is 15. The number of ether oxygens (including phenoxy) is 8. The summed E-state index contributed by atoms with van der Waals surface area (Å²) >= 11 is 6.92. The molecule has 73 heavy (non-hydrogen) atoms. The van der Waals surface area contributed by atoms with E-state index in [1.807, 2.05) is 96.8 Å². The van der Waals surface area contributed by atoms with Gasteiger partial charge >= 0.3 is 0 Å². The number of anilines is 2. The summed E-state index contributed by atoms with van der Waals surface area (Å²) in [5, 5.41) is 1.17. The van der Waals surface area contributed by atoms with Gasteiger partial charge in [0.15, 0.2) is 11.9 Å². The SMILES string of the molecule is C.COC(C(=O)N(C)OC)c1ccc(N2CCOCC2)cc1.COc1cc(-c2cn(C)c(C(=O)C(OC)c3ccc(N4CCOCC4)cc3)n2)cc(OC)c1Br.COc1cc(-c2cn(C)cn2)cc(OC)c1Br. The normalized spacial score (nSPS) is 14.0. The number of imidazole rings is 2. The maximum Gasteiger partial charge on any atom is 0.279 e. The van der Waals surface area contributed by atoms with Gasteiger partial charge in [-0.15, -0.1) is 0 Å². The van der Waals surface area contributed by atoms with E-state index < -0.39 is 12.2 Å². The van der Waals surface area contributed by atoms with Crippen molar-refractivity contribution >= 4 is 54.9 Å². The zero-order chi connectivity index (χ0) is 51.9. The molecule has 8 rings (SSSR count). The Morgan fingerprint density at radius 3 is 1.40 bits per heavy atom. The third-order valence-corrected chi connectivity index (χ3v) is 13.5. The van der Waals surface area contributed by atoms with Crippen molar-refractivity contribution in [3.8, 4) is 45.5 Å². The summed E-state index contributed by atoms with van der Waals surface area (Å²) in [6, 6.07) is 23.3. The van der Waals surface area contributed by atoms with E-state index in [1.54, 1.807) is 53.4 Å². The van der Waals surface area contributed by atoms with Crippen LogP contribution < -0.4 is 28.7 Å². The van der Waals surface area contributed by atoms with Crippen molar-refractivity contribution in [2.24, 2.45) is 14.1 Å². The molecule has 4 aromatic carbocycles. The Balaban J connectivity index is 0.000000217. The van der Waals surface area contributed by atoms with Crippen LogP contribution in [0.4, 0.5) is 11.4 Å². The highest BCUT2D eigenvalue weighted by atomic mass is 79.9. The highest BCUT2D eigenvalue weighted by Gasteiger charge is 2.28. The molecule has 0 aliphatic carbocycles. The Kier molecular flexibility index (Phi) is 22.1. The van der Waals surface area contributed by atoms with E-state index in [0.29, 0.717) is 27.5 Å². The number of amides is 1. The molecule has 2 atom stereocenters. The number of aryl methyl sites for hydroxylation is 2. The number of ketones is 1. The molecule has 0 N–H and O–H groups in total. The summed E-state index contributed by atoms with van der Waals surface area (Å²) in [4.78, 5) is 44.0. The molecule has 0 spiro atoms. The Hall–Kier alpha value is -6.00. The molecular weight excluding hydrogens is 1070 g/mol. The van der Waals surface area contributed by atoms with Gasteiger partial charge in [-0.05, 0) is 91.5 Å². The van der Waals surface area contributed by atoms with Gasteiger partial charge < -0.3 is 56.8 Å². The van der Waals surface area contributed by atoms with Crippen LogP contribution in [-0.4, -0.2) is 145 Å². The summed E-state index contributed by atoms with van der Waals surface area (Å²) in [6.45, 7) is 6.42. The first kappa shape index (κ1) is 57.9. The highest BCUT2D eigenvalue weighted by Crippen LogP contribution is 2.40. The number of nitrogens with zero attached hydrogens (tertiary/aromatic N) is 7. The van der Waals surface area contributed by atoms with Crippen LogP contribution in [-0.2, 0) is 42.7 Å². The van der Waals surface area contributed by atoms with Gasteiger partial charge in [0.25, 0.3) is 5.91 Å². The number of carbonyl (C=O) groups is 2. The maximum absolute atomic E-state index is 13.4. The number of aromatic nitrogens is 4. The zero-order valence-corrected chi connectivity index (χ0v) is 45.5. The molecule has 4 heterocycles. The second-order valence-corrected chi connectivity index (χ2v) is 18.0. The number of rotatable bonds is 16. The molecule has 0 saturated carbocycles. The third-order valence-electron chi connectivity index (χ3n) is 11.9. The van der Waals surface area contributed by atoms with E-state index in [1.165, 1.54) is 26.4 Å². The minimum absolute atomic E-state index is 0. The average Bonchev–Trinajstić information content (AvgIpc) is 4.05. The van der Waals surface area contributed by atoms with E-state index in [0.717, 1.165) is 108 Å². The molecule has 20 heteroatoms. The minimum Gasteiger partial charge on any atom is -0.495 e. The van der Waals surface area contributed by atoms with E-state index >= 15 is 0 Å². The van der Waals surface area contributed by atoms with Crippen molar-refractivity contribution in [1.29, 1.82) is 0 Å². The second kappa shape index (κ2) is 27.9. The molecule has 1 amide bonds. The Morgan fingerprint density at radius 1 is 0.616 bits per heavy atom. The fourth-order valence-electron chi connectivity index (χ4n) is 7.94. The van der Waals surface area contributed by atoms with Crippen molar-refractivity contribution in [2.75, 3.05) is 119 Å². The van der Waals surface area contributed by atoms with Crippen LogP contribution in [0.25, 0.3) is 22.5 Å². The lowest BCUT2D eigenvalue weighted by Gasteiger charge is -2.29. The van der Waals surface area contributed by atoms with E-state index in [4.69, 9.17) is 42.7 Å². The summed E-state index contributed by atoms with van der Waals surface area (Å²) in [6.07, 6.45) is 4.09. The predicted octanol–water partition coefficient (Wildman–Crippen LogP) is 9.01. The molecule has 2 fully saturated rings. The second-order valence-electron chi connectivity index (χ2n) is 16.4. The van der Waals surface area contributed by atoms with Gasteiger partial charge in [0, 0.05) is 96.4 Å². The highest BCUT2D eigenvalue weighted by molar-refractivity contribution is 9.11. The molecule has 2 aromatic heterocycles. The van der Waals surface area contributed by atoms with Crippen LogP contribution in [0.2, 0.25) is 0 Å². The fourth-order valence-corrected chi connectivity index (χ4v) is 9.05. The zero-order valence-electron chi connectivity index (χ0n) is 42.3. The Morgan fingerprint density at radius 2 is 1.03 bits per heavy atom. The average molecular weight is 1140 g/mol. The predicted molar refractivity (Wildman–Crippen MR) is 288 cm³/mol. The van der Waals surface area contributed by atoms with Gasteiger partial charge in [0.2, 0.25) is 5.78 Å². The number of methoxy groups -OCH3 is 6. The van der Waals surface area contributed by atoms with Crippen LogP contribution >= 0.6 is 31.9 Å². The summed E-state index contributed by atoms with van der Waals surface area (Å²) < 4.78 is 48.3. The number of carbonyl (C=O) groups excluding carboxylic acids is 2. The summed E-state index contributed by atoms with van der Waals surface area (Å²) in [5.41, 5.74) is 7.07. The van der Waals surface area contributed by atoms with Crippen molar-refractivity contribution in [2.45, 2.75) is 19.6 Å². The Bertz CT molecular complexity index is 2660. The number of benzene rings is 4. The third kappa shape index (κ3) is 14.4. The standard InChI is InChI=1S/C25H28BrN3O5.C15H22N2O4.C12H13BrN2O2.CH4/c1-28-15-19(17-13-20(31-2)22(26)21(14-17)32-3)27-25(28)23(30)24(33-4)16-5-7-18(8-6-16)29-9-11-34-12-10-29;1-16(20-3)15(18)14(19-2)12-4-6-13(7-5-12)17-8-10-21-11-9-17;1-15-6-9(14-7-15)8-4-10(16-2)12(13)11(5-8)17-3;/h5-8,13-15,24H,9-12H2,1-4H3;4-7,14H,8-11H2,1-3H3;4-7H,1-3H3;1H4.